The average molecular weight is 358 g/mol. The first-order chi connectivity index (χ1) is 12.0. The lowest BCUT2D eigenvalue weighted by molar-refractivity contribution is 0.601. The zero-order valence-corrected chi connectivity index (χ0v) is 13.9. The van der Waals surface area contributed by atoms with Crippen LogP contribution < -0.4 is 10.0 Å². The van der Waals surface area contributed by atoms with E-state index in [9.17, 15) is 12.8 Å². The summed E-state index contributed by atoms with van der Waals surface area (Å²) in [5.74, 6) is 0.196. The molecule has 0 atom stereocenters. The van der Waals surface area contributed by atoms with E-state index in [1.54, 1.807) is 42.5 Å². The monoisotopic (exact) mass is 358 g/mol. The number of halogens is 1. The number of hydrogen-bond acceptors (Lipinski definition) is 5. The molecule has 1 heterocycles. The van der Waals surface area contributed by atoms with Crippen molar-refractivity contribution >= 4 is 21.7 Å². The minimum atomic E-state index is -3.71. The maximum Gasteiger partial charge on any atom is 0.263 e. The third-order valence-corrected chi connectivity index (χ3v) is 4.75. The van der Waals surface area contributed by atoms with Gasteiger partial charge in [0.15, 0.2) is 5.82 Å². The van der Waals surface area contributed by atoms with Crippen LogP contribution in [0.2, 0.25) is 0 Å². The van der Waals surface area contributed by atoms with Gasteiger partial charge < -0.3 is 5.32 Å². The Balaban J connectivity index is 1.65. The summed E-state index contributed by atoms with van der Waals surface area (Å²) in [6.07, 6.45) is 0. The van der Waals surface area contributed by atoms with Crippen LogP contribution in [0.1, 0.15) is 5.56 Å². The van der Waals surface area contributed by atoms with Crippen molar-refractivity contribution in [1.82, 2.24) is 10.2 Å². The van der Waals surface area contributed by atoms with E-state index in [2.05, 4.69) is 20.2 Å². The second-order valence-electron chi connectivity index (χ2n) is 5.17. The quantitative estimate of drug-likeness (QED) is 0.708. The van der Waals surface area contributed by atoms with Gasteiger partial charge in [0.1, 0.15) is 11.6 Å². The lowest BCUT2D eigenvalue weighted by Crippen LogP contribution is -2.14. The van der Waals surface area contributed by atoms with Gasteiger partial charge in [-0.25, -0.2) is 12.8 Å². The standard InChI is InChI=1S/C17H15FN4O2S/c18-15-9-5-4-6-13(15)12-19-16-10-11-17(21-20-16)22-25(23,24)14-7-2-1-3-8-14/h1-11H,12H2,(H,19,20)(H,21,22). The number of nitrogens with one attached hydrogen (secondary N) is 2. The van der Waals surface area contributed by atoms with E-state index in [1.165, 1.54) is 24.3 Å². The van der Waals surface area contributed by atoms with Crippen LogP contribution in [-0.4, -0.2) is 18.6 Å². The summed E-state index contributed by atoms with van der Waals surface area (Å²) in [5.41, 5.74) is 0.498. The molecule has 0 spiro atoms. The second-order valence-corrected chi connectivity index (χ2v) is 6.85. The number of benzene rings is 2. The molecule has 3 aromatic rings. The van der Waals surface area contributed by atoms with E-state index in [-0.39, 0.29) is 23.1 Å². The van der Waals surface area contributed by atoms with E-state index in [0.29, 0.717) is 11.4 Å². The summed E-state index contributed by atoms with van der Waals surface area (Å²) in [6, 6.07) is 17.4. The molecule has 6 nitrogen and oxygen atoms in total. The first-order valence-electron chi connectivity index (χ1n) is 7.43. The van der Waals surface area contributed by atoms with Gasteiger partial charge in [-0.3, -0.25) is 4.72 Å². The van der Waals surface area contributed by atoms with Crippen LogP contribution >= 0.6 is 0 Å². The smallest absolute Gasteiger partial charge is 0.263 e. The molecule has 3 rings (SSSR count). The molecule has 0 aliphatic rings. The Kier molecular flexibility index (Phi) is 4.90. The fourth-order valence-corrected chi connectivity index (χ4v) is 3.12. The molecule has 2 aromatic carbocycles. The number of aromatic nitrogens is 2. The highest BCUT2D eigenvalue weighted by Crippen LogP contribution is 2.15. The van der Waals surface area contributed by atoms with Gasteiger partial charge >= 0.3 is 0 Å². The molecule has 128 valence electrons. The minimum absolute atomic E-state index is 0.0975. The molecule has 0 bridgehead atoms. The van der Waals surface area contributed by atoms with Gasteiger partial charge in [0.25, 0.3) is 10.0 Å². The highest BCUT2D eigenvalue weighted by Gasteiger charge is 2.14. The molecular formula is C17H15FN4O2S. The van der Waals surface area contributed by atoms with Gasteiger partial charge in [-0.15, -0.1) is 10.2 Å². The highest BCUT2D eigenvalue weighted by atomic mass is 32.2. The van der Waals surface area contributed by atoms with E-state index in [1.807, 2.05) is 0 Å². The van der Waals surface area contributed by atoms with E-state index in [0.717, 1.165) is 0 Å². The Hall–Kier alpha value is -3.00. The van der Waals surface area contributed by atoms with Crippen molar-refractivity contribution in [1.29, 1.82) is 0 Å². The molecule has 2 N–H and O–H groups in total. The Morgan fingerprint density at radius 3 is 2.16 bits per heavy atom. The average Bonchev–Trinajstić information content (AvgIpc) is 2.63. The second kappa shape index (κ2) is 7.27. The molecular weight excluding hydrogens is 343 g/mol. The molecule has 25 heavy (non-hydrogen) atoms. The van der Waals surface area contributed by atoms with Crippen molar-refractivity contribution in [2.24, 2.45) is 0 Å². The molecule has 0 aliphatic heterocycles. The molecule has 0 fully saturated rings. The van der Waals surface area contributed by atoms with Gasteiger partial charge in [-0.2, -0.15) is 0 Å². The van der Waals surface area contributed by atoms with E-state index in [4.69, 9.17) is 0 Å². The van der Waals surface area contributed by atoms with Crippen molar-refractivity contribution in [3.63, 3.8) is 0 Å². The summed E-state index contributed by atoms with van der Waals surface area (Å²) in [7, 11) is -3.71. The summed E-state index contributed by atoms with van der Waals surface area (Å²) < 4.78 is 40.3. The van der Waals surface area contributed by atoms with Crippen molar-refractivity contribution in [2.75, 3.05) is 10.0 Å². The van der Waals surface area contributed by atoms with Gasteiger partial charge in [0.2, 0.25) is 0 Å². The summed E-state index contributed by atoms with van der Waals surface area (Å²) in [5, 5.41) is 10.7. The fraction of sp³-hybridized carbons (Fsp3) is 0.0588. The van der Waals surface area contributed by atoms with Gasteiger partial charge in [0.05, 0.1) is 4.90 Å². The molecule has 0 saturated heterocycles. The molecule has 0 aliphatic carbocycles. The van der Waals surface area contributed by atoms with Crippen LogP contribution in [0.15, 0.2) is 71.6 Å². The molecule has 1 aromatic heterocycles. The predicted molar refractivity (Wildman–Crippen MR) is 93.0 cm³/mol. The molecule has 0 saturated carbocycles. The molecule has 8 heteroatoms. The van der Waals surface area contributed by atoms with Gasteiger partial charge in [-0.1, -0.05) is 36.4 Å². The SMILES string of the molecule is O=S(=O)(Nc1ccc(NCc2ccccc2F)nn1)c1ccccc1. The first kappa shape index (κ1) is 16.8. The Morgan fingerprint density at radius 1 is 0.840 bits per heavy atom. The van der Waals surface area contributed by atoms with Crippen LogP contribution in [0.3, 0.4) is 0 Å². The first-order valence-corrected chi connectivity index (χ1v) is 8.92. The van der Waals surface area contributed by atoms with Crippen molar-refractivity contribution in [2.45, 2.75) is 11.4 Å². The van der Waals surface area contributed by atoms with Crippen LogP contribution in [0.5, 0.6) is 0 Å². The topological polar surface area (TPSA) is 84.0 Å². The van der Waals surface area contributed by atoms with Crippen molar-refractivity contribution in [3.05, 3.63) is 78.1 Å². The number of rotatable bonds is 6. The summed E-state index contributed by atoms with van der Waals surface area (Å²) >= 11 is 0. The highest BCUT2D eigenvalue weighted by molar-refractivity contribution is 7.92. The lowest BCUT2D eigenvalue weighted by atomic mass is 10.2. The Morgan fingerprint density at radius 2 is 1.48 bits per heavy atom. The predicted octanol–water partition coefficient (Wildman–Crippen LogP) is 3.03. The third-order valence-electron chi connectivity index (χ3n) is 3.37. The molecule has 0 radical (unpaired) electrons. The number of sulfonamides is 1. The largest absolute Gasteiger partial charge is 0.364 e. The number of hydrogen-bond donors (Lipinski definition) is 2. The normalized spacial score (nSPS) is 11.1. The number of anilines is 2. The van der Waals surface area contributed by atoms with Crippen LogP contribution in [0, 0.1) is 5.82 Å². The Labute approximate surface area is 144 Å². The fourth-order valence-electron chi connectivity index (χ4n) is 2.10. The van der Waals surface area contributed by atoms with E-state index < -0.39 is 10.0 Å². The van der Waals surface area contributed by atoms with Crippen molar-refractivity contribution < 1.29 is 12.8 Å². The van der Waals surface area contributed by atoms with Crippen LogP contribution in [-0.2, 0) is 16.6 Å². The molecule has 0 unspecified atom stereocenters. The zero-order chi connectivity index (χ0) is 17.7. The zero-order valence-electron chi connectivity index (χ0n) is 13.1. The van der Waals surface area contributed by atoms with Gasteiger partial charge in [-0.05, 0) is 30.3 Å². The maximum absolute atomic E-state index is 13.6. The lowest BCUT2D eigenvalue weighted by Gasteiger charge is -2.08. The minimum Gasteiger partial charge on any atom is -0.364 e. The number of nitrogens with zero attached hydrogens (tertiary/aromatic N) is 2. The summed E-state index contributed by atoms with van der Waals surface area (Å²) in [4.78, 5) is 0.138. The van der Waals surface area contributed by atoms with E-state index >= 15 is 0 Å². The Bertz CT molecular complexity index is 948. The molecule has 0 amide bonds. The summed E-state index contributed by atoms with van der Waals surface area (Å²) in [6.45, 7) is 0.246. The van der Waals surface area contributed by atoms with Crippen LogP contribution in [0.25, 0.3) is 0 Å². The van der Waals surface area contributed by atoms with Crippen molar-refractivity contribution in [3.8, 4) is 0 Å². The van der Waals surface area contributed by atoms with Gasteiger partial charge in [0, 0.05) is 12.1 Å². The third kappa shape index (κ3) is 4.30. The van der Waals surface area contributed by atoms with Crippen LogP contribution in [0.4, 0.5) is 16.0 Å². The maximum atomic E-state index is 13.6.